The van der Waals surface area contributed by atoms with Crippen LogP contribution >= 0.6 is 11.3 Å². The standard InChI is InChI=1S/C23H26N4O5S/c1-30-17-13-15(14-18(31-2)21(17)32-3)6-9-20(28)24-10-11-26-23(29)27(16-7-8-16)22(25-26)19-5-4-12-33-19/h4-6,9,12-14,16H,7-8,10-11H2,1-3H3,(H,24,28)/b9-6+. The molecule has 0 unspecified atom stereocenters. The van der Waals surface area contributed by atoms with E-state index in [9.17, 15) is 9.59 Å². The van der Waals surface area contributed by atoms with Gasteiger partial charge in [-0.1, -0.05) is 6.07 Å². The molecule has 33 heavy (non-hydrogen) atoms. The van der Waals surface area contributed by atoms with E-state index in [0.717, 1.165) is 23.3 Å². The Balaban J connectivity index is 1.40. The van der Waals surface area contributed by atoms with Crippen LogP contribution in [0.4, 0.5) is 0 Å². The normalized spacial score (nSPS) is 13.3. The first-order valence-corrected chi connectivity index (χ1v) is 11.4. The number of amides is 1. The van der Waals surface area contributed by atoms with Crippen LogP contribution in [0.15, 0.2) is 40.5 Å². The average molecular weight is 471 g/mol. The second-order valence-corrected chi connectivity index (χ2v) is 8.44. The topological polar surface area (TPSA) is 96.6 Å². The summed E-state index contributed by atoms with van der Waals surface area (Å²) in [6.07, 6.45) is 5.06. The Morgan fingerprint density at radius 2 is 1.94 bits per heavy atom. The lowest BCUT2D eigenvalue weighted by molar-refractivity contribution is -0.116. The number of hydrogen-bond acceptors (Lipinski definition) is 7. The molecule has 0 radical (unpaired) electrons. The van der Waals surface area contributed by atoms with Gasteiger partial charge in [-0.25, -0.2) is 9.48 Å². The highest BCUT2D eigenvalue weighted by atomic mass is 32.1. The molecule has 2 heterocycles. The van der Waals surface area contributed by atoms with Gasteiger partial charge in [-0.05, 0) is 48.1 Å². The van der Waals surface area contributed by atoms with Crippen molar-refractivity contribution in [1.82, 2.24) is 19.7 Å². The number of rotatable bonds is 10. The molecule has 1 N–H and O–H groups in total. The molecule has 2 aromatic heterocycles. The Morgan fingerprint density at radius 1 is 1.21 bits per heavy atom. The number of thiophene rings is 1. The van der Waals surface area contributed by atoms with Crippen LogP contribution in [-0.2, 0) is 11.3 Å². The Labute approximate surface area is 195 Å². The quantitative estimate of drug-likeness (QED) is 0.458. The molecule has 9 nitrogen and oxygen atoms in total. The zero-order valence-corrected chi connectivity index (χ0v) is 19.6. The lowest BCUT2D eigenvalue weighted by Gasteiger charge is -2.12. The van der Waals surface area contributed by atoms with Gasteiger partial charge in [0, 0.05) is 18.7 Å². The predicted octanol–water partition coefficient (Wildman–Crippen LogP) is 2.96. The third kappa shape index (κ3) is 4.95. The molecule has 1 aromatic carbocycles. The molecule has 1 aliphatic carbocycles. The lowest BCUT2D eigenvalue weighted by Crippen LogP contribution is -2.31. The van der Waals surface area contributed by atoms with Crippen molar-refractivity contribution in [2.75, 3.05) is 27.9 Å². The SMILES string of the molecule is COc1cc(/C=C/C(=O)NCCn2nc(-c3cccs3)n(C3CC3)c2=O)cc(OC)c1OC. The third-order valence-corrected chi connectivity index (χ3v) is 6.13. The number of carbonyl (C=O) groups is 1. The van der Waals surface area contributed by atoms with Crippen LogP contribution in [0, 0.1) is 0 Å². The second kappa shape index (κ2) is 9.95. The molecule has 0 saturated heterocycles. The van der Waals surface area contributed by atoms with E-state index >= 15 is 0 Å². The minimum atomic E-state index is -0.281. The molecule has 174 valence electrons. The zero-order chi connectivity index (χ0) is 23.4. The molecule has 0 aliphatic heterocycles. The number of ether oxygens (including phenoxy) is 3. The predicted molar refractivity (Wildman–Crippen MR) is 126 cm³/mol. The molecule has 3 aromatic rings. The van der Waals surface area contributed by atoms with Crippen LogP contribution in [0.25, 0.3) is 16.8 Å². The highest BCUT2D eigenvalue weighted by molar-refractivity contribution is 7.13. The van der Waals surface area contributed by atoms with Gasteiger partial charge in [-0.2, -0.15) is 0 Å². The van der Waals surface area contributed by atoms with Crippen molar-refractivity contribution in [2.45, 2.75) is 25.4 Å². The largest absolute Gasteiger partial charge is 0.493 e. The maximum Gasteiger partial charge on any atom is 0.346 e. The summed E-state index contributed by atoms with van der Waals surface area (Å²) in [5, 5.41) is 9.29. The van der Waals surface area contributed by atoms with Gasteiger partial charge in [0.2, 0.25) is 11.7 Å². The number of nitrogens with one attached hydrogen (secondary N) is 1. The van der Waals surface area contributed by atoms with Crippen LogP contribution in [0.1, 0.15) is 24.4 Å². The van der Waals surface area contributed by atoms with Crippen molar-refractivity contribution in [2.24, 2.45) is 0 Å². The van der Waals surface area contributed by atoms with Crippen molar-refractivity contribution >= 4 is 23.3 Å². The maximum absolute atomic E-state index is 12.8. The van der Waals surface area contributed by atoms with E-state index in [2.05, 4.69) is 10.4 Å². The van der Waals surface area contributed by atoms with Gasteiger partial charge in [0.05, 0.1) is 32.8 Å². The summed E-state index contributed by atoms with van der Waals surface area (Å²) in [6.45, 7) is 0.574. The summed E-state index contributed by atoms with van der Waals surface area (Å²) in [5.41, 5.74) is 0.586. The molecule has 4 rings (SSSR count). The summed E-state index contributed by atoms with van der Waals surface area (Å²) in [7, 11) is 4.60. The number of benzene rings is 1. The first-order valence-electron chi connectivity index (χ1n) is 10.5. The van der Waals surface area contributed by atoms with Crippen LogP contribution < -0.4 is 25.2 Å². The Kier molecular flexibility index (Phi) is 6.83. The molecular weight excluding hydrogens is 444 g/mol. The average Bonchev–Trinajstić information content (AvgIpc) is 3.40. The van der Waals surface area contributed by atoms with Crippen LogP contribution in [-0.4, -0.2) is 48.1 Å². The van der Waals surface area contributed by atoms with Crippen molar-refractivity contribution in [3.05, 3.63) is 51.8 Å². The van der Waals surface area contributed by atoms with Gasteiger partial charge >= 0.3 is 5.69 Å². The number of carbonyl (C=O) groups excluding carboxylic acids is 1. The van der Waals surface area contributed by atoms with E-state index in [4.69, 9.17) is 14.2 Å². The van der Waals surface area contributed by atoms with E-state index in [1.54, 1.807) is 34.1 Å². The molecule has 10 heteroatoms. The lowest BCUT2D eigenvalue weighted by atomic mass is 10.1. The van der Waals surface area contributed by atoms with Crippen molar-refractivity contribution in [3.63, 3.8) is 0 Å². The molecule has 1 fully saturated rings. The molecular formula is C23H26N4O5S. The van der Waals surface area contributed by atoms with E-state index in [1.807, 2.05) is 17.5 Å². The fraction of sp³-hybridized carbons (Fsp3) is 0.348. The van der Waals surface area contributed by atoms with Gasteiger partial charge in [0.15, 0.2) is 17.3 Å². The highest BCUT2D eigenvalue weighted by Gasteiger charge is 2.30. The van der Waals surface area contributed by atoms with Gasteiger partial charge < -0.3 is 19.5 Å². The number of methoxy groups -OCH3 is 3. The van der Waals surface area contributed by atoms with Crippen molar-refractivity contribution in [3.8, 4) is 28.0 Å². The van der Waals surface area contributed by atoms with Gasteiger partial charge in [0.1, 0.15) is 0 Å². The summed E-state index contributed by atoms with van der Waals surface area (Å²) in [4.78, 5) is 26.1. The van der Waals surface area contributed by atoms with Crippen molar-refractivity contribution in [1.29, 1.82) is 0 Å². The third-order valence-electron chi connectivity index (χ3n) is 5.26. The summed E-state index contributed by atoms with van der Waals surface area (Å²) >= 11 is 1.56. The number of aromatic nitrogens is 3. The smallest absolute Gasteiger partial charge is 0.346 e. The fourth-order valence-corrected chi connectivity index (χ4v) is 4.22. The molecule has 1 saturated carbocycles. The van der Waals surface area contributed by atoms with Gasteiger partial charge in [-0.3, -0.25) is 9.36 Å². The van der Waals surface area contributed by atoms with Crippen molar-refractivity contribution < 1.29 is 19.0 Å². The first-order chi connectivity index (χ1) is 16.0. The van der Waals surface area contributed by atoms with Crippen LogP contribution in [0.3, 0.4) is 0 Å². The summed E-state index contributed by atoms with van der Waals surface area (Å²) in [5.74, 6) is 1.91. The Morgan fingerprint density at radius 3 is 2.52 bits per heavy atom. The van der Waals surface area contributed by atoms with E-state index in [-0.39, 0.29) is 24.2 Å². The number of nitrogens with zero attached hydrogens (tertiary/aromatic N) is 3. The maximum atomic E-state index is 12.8. The Hall–Kier alpha value is -3.53. The summed E-state index contributed by atoms with van der Waals surface area (Å²) in [6, 6.07) is 7.63. The van der Waals surface area contributed by atoms with E-state index in [0.29, 0.717) is 29.6 Å². The van der Waals surface area contributed by atoms with Crippen LogP contribution in [0.5, 0.6) is 17.2 Å². The minimum absolute atomic E-state index is 0.136. The second-order valence-electron chi connectivity index (χ2n) is 7.49. The fourth-order valence-electron chi connectivity index (χ4n) is 3.51. The Bertz CT molecular complexity index is 1180. The molecule has 1 amide bonds. The summed E-state index contributed by atoms with van der Waals surface area (Å²) < 4.78 is 19.2. The first kappa shape index (κ1) is 22.7. The monoisotopic (exact) mass is 470 g/mol. The van der Waals surface area contributed by atoms with Gasteiger partial charge in [-0.15, -0.1) is 16.4 Å². The minimum Gasteiger partial charge on any atom is -0.493 e. The number of hydrogen-bond donors (Lipinski definition) is 1. The molecule has 0 bridgehead atoms. The van der Waals surface area contributed by atoms with Crippen LogP contribution in [0.2, 0.25) is 0 Å². The highest BCUT2D eigenvalue weighted by Crippen LogP contribution is 2.39. The zero-order valence-electron chi connectivity index (χ0n) is 18.7. The molecule has 1 aliphatic rings. The molecule has 0 atom stereocenters. The molecule has 0 spiro atoms. The van der Waals surface area contributed by atoms with E-state index < -0.39 is 0 Å². The van der Waals surface area contributed by atoms with Gasteiger partial charge in [0.25, 0.3) is 0 Å². The van der Waals surface area contributed by atoms with E-state index in [1.165, 1.54) is 32.1 Å².